The molecule has 2 aliphatic rings. The second-order valence-corrected chi connectivity index (χ2v) is 6.36. The zero-order chi connectivity index (χ0) is 17.3. The van der Waals surface area contributed by atoms with Crippen LogP contribution in [-0.4, -0.2) is 71.7 Å². The third kappa shape index (κ3) is 3.22. The maximum Gasteiger partial charge on any atom is 0.248 e. The fourth-order valence-electron chi connectivity index (χ4n) is 3.32. The molecule has 0 saturated carbocycles. The van der Waals surface area contributed by atoms with Crippen molar-refractivity contribution in [3.63, 3.8) is 0 Å². The van der Waals surface area contributed by atoms with Gasteiger partial charge < -0.3 is 20.1 Å². The predicted molar refractivity (Wildman–Crippen MR) is 87.4 cm³/mol. The van der Waals surface area contributed by atoms with E-state index in [1.54, 1.807) is 12.0 Å². The Bertz CT molecular complexity index is 634. The quantitative estimate of drug-likeness (QED) is 0.783. The first-order valence-corrected chi connectivity index (χ1v) is 8.14. The lowest BCUT2D eigenvalue weighted by Crippen LogP contribution is -2.70. The van der Waals surface area contributed by atoms with Crippen LogP contribution in [0, 0.1) is 0 Å². The highest BCUT2D eigenvalue weighted by Crippen LogP contribution is 2.20. The Hall–Kier alpha value is -2.12. The number of carbonyl (C=O) groups is 2. The molecule has 0 unspecified atom stereocenters. The minimum absolute atomic E-state index is 0.198. The zero-order valence-corrected chi connectivity index (χ0v) is 13.9. The van der Waals surface area contributed by atoms with Crippen LogP contribution in [0.15, 0.2) is 24.3 Å². The Morgan fingerprint density at radius 3 is 2.88 bits per heavy atom. The first-order chi connectivity index (χ1) is 11.5. The molecule has 3 atom stereocenters. The van der Waals surface area contributed by atoms with Crippen LogP contribution in [0.3, 0.4) is 0 Å². The number of nitrogens with one attached hydrogen (secondary N) is 1. The summed E-state index contributed by atoms with van der Waals surface area (Å²) < 4.78 is 5.24. The van der Waals surface area contributed by atoms with Crippen molar-refractivity contribution in [1.29, 1.82) is 0 Å². The number of ether oxygens (including phenoxy) is 1. The van der Waals surface area contributed by atoms with Gasteiger partial charge in [-0.3, -0.25) is 14.5 Å². The summed E-state index contributed by atoms with van der Waals surface area (Å²) >= 11 is 0. The van der Waals surface area contributed by atoms with Crippen molar-refractivity contribution in [2.24, 2.45) is 0 Å². The van der Waals surface area contributed by atoms with E-state index in [9.17, 15) is 14.7 Å². The van der Waals surface area contributed by atoms with E-state index >= 15 is 0 Å². The molecule has 2 aliphatic heterocycles. The average molecular weight is 333 g/mol. The summed E-state index contributed by atoms with van der Waals surface area (Å²) in [7, 11) is 1.63. The van der Waals surface area contributed by atoms with Crippen molar-refractivity contribution in [3.8, 4) is 5.75 Å². The molecule has 2 saturated heterocycles. The van der Waals surface area contributed by atoms with Gasteiger partial charge in [0, 0.05) is 26.2 Å². The standard InChI is InChI=1S/C17H23N3O4/c1-11(21)15-17(23)20-7-6-19(10-14(20)16(22)18-15)9-12-4-3-5-13(8-12)24-2/h3-5,8,11,14-15,21H,6-7,9-10H2,1-2H3,(H,18,22)/t11-,14+,15+/m0/s1. The van der Waals surface area contributed by atoms with Gasteiger partial charge in [-0.05, 0) is 24.6 Å². The largest absolute Gasteiger partial charge is 0.497 e. The number of fused-ring (bicyclic) bond motifs is 1. The van der Waals surface area contributed by atoms with E-state index in [0.29, 0.717) is 26.2 Å². The van der Waals surface area contributed by atoms with Gasteiger partial charge in [-0.1, -0.05) is 12.1 Å². The molecular formula is C17H23N3O4. The number of nitrogens with zero attached hydrogens (tertiary/aromatic N) is 2. The van der Waals surface area contributed by atoms with Crippen LogP contribution in [0.1, 0.15) is 12.5 Å². The zero-order valence-electron chi connectivity index (χ0n) is 13.9. The fourth-order valence-corrected chi connectivity index (χ4v) is 3.32. The maximum absolute atomic E-state index is 12.4. The van der Waals surface area contributed by atoms with Crippen molar-refractivity contribution in [2.45, 2.75) is 31.7 Å². The summed E-state index contributed by atoms with van der Waals surface area (Å²) in [6, 6.07) is 6.50. The number of amides is 2. The minimum atomic E-state index is -0.891. The average Bonchev–Trinajstić information content (AvgIpc) is 2.58. The smallest absolute Gasteiger partial charge is 0.248 e. The number of rotatable bonds is 4. The van der Waals surface area contributed by atoms with Crippen LogP contribution in [0.25, 0.3) is 0 Å². The van der Waals surface area contributed by atoms with Gasteiger partial charge in [-0.2, -0.15) is 0 Å². The lowest BCUT2D eigenvalue weighted by molar-refractivity contribution is -0.156. The van der Waals surface area contributed by atoms with E-state index in [0.717, 1.165) is 11.3 Å². The summed E-state index contributed by atoms with van der Waals surface area (Å²) in [5, 5.41) is 12.3. The van der Waals surface area contributed by atoms with Crippen LogP contribution >= 0.6 is 0 Å². The Morgan fingerprint density at radius 2 is 2.17 bits per heavy atom. The van der Waals surface area contributed by atoms with Gasteiger partial charge in [0.25, 0.3) is 0 Å². The molecule has 1 aromatic carbocycles. The first kappa shape index (κ1) is 16.7. The van der Waals surface area contributed by atoms with Crippen molar-refractivity contribution in [3.05, 3.63) is 29.8 Å². The van der Waals surface area contributed by atoms with E-state index in [2.05, 4.69) is 10.2 Å². The number of hydrogen-bond donors (Lipinski definition) is 2. The predicted octanol–water partition coefficient (Wildman–Crippen LogP) is -0.413. The molecule has 7 nitrogen and oxygen atoms in total. The van der Waals surface area contributed by atoms with E-state index in [-0.39, 0.29) is 11.8 Å². The van der Waals surface area contributed by atoms with Crippen molar-refractivity contribution >= 4 is 11.8 Å². The highest BCUT2D eigenvalue weighted by atomic mass is 16.5. The van der Waals surface area contributed by atoms with Gasteiger partial charge in [0.1, 0.15) is 17.8 Å². The lowest BCUT2D eigenvalue weighted by Gasteiger charge is -2.45. The van der Waals surface area contributed by atoms with Gasteiger partial charge in [0.15, 0.2) is 0 Å². The number of aliphatic hydroxyl groups excluding tert-OH is 1. The lowest BCUT2D eigenvalue weighted by atomic mass is 10.0. The maximum atomic E-state index is 12.4. The monoisotopic (exact) mass is 333 g/mol. The number of methoxy groups -OCH3 is 1. The highest BCUT2D eigenvalue weighted by molar-refractivity contribution is 5.97. The van der Waals surface area contributed by atoms with Crippen LogP contribution in [-0.2, 0) is 16.1 Å². The fraction of sp³-hybridized carbons (Fsp3) is 0.529. The first-order valence-electron chi connectivity index (χ1n) is 8.14. The van der Waals surface area contributed by atoms with E-state index in [1.165, 1.54) is 6.92 Å². The summed E-state index contributed by atoms with van der Waals surface area (Å²) in [5.41, 5.74) is 1.10. The van der Waals surface area contributed by atoms with Crippen LogP contribution in [0.5, 0.6) is 5.75 Å². The molecule has 24 heavy (non-hydrogen) atoms. The van der Waals surface area contributed by atoms with Crippen LogP contribution in [0.2, 0.25) is 0 Å². The van der Waals surface area contributed by atoms with E-state index in [1.807, 2.05) is 24.3 Å². The topological polar surface area (TPSA) is 82.1 Å². The van der Waals surface area contributed by atoms with Crippen molar-refractivity contribution < 1.29 is 19.4 Å². The SMILES string of the molecule is COc1cccc(CN2CCN3C(=O)[C@@H]([C@H](C)O)NC(=O)[C@H]3C2)c1. The number of carbonyl (C=O) groups excluding carboxylic acids is 2. The molecule has 2 heterocycles. The van der Waals surface area contributed by atoms with Gasteiger partial charge in [0.05, 0.1) is 13.2 Å². The van der Waals surface area contributed by atoms with E-state index in [4.69, 9.17) is 4.74 Å². The van der Waals surface area contributed by atoms with Crippen LogP contribution in [0.4, 0.5) is 0 Å². The third-order valence-corrected chi connectivity index (χ3v) is 4.64. The van der Waals surface area contributed by atoms with Gasteiger partial charge >= 0.3 is 0 Å². The van der Waals surface area contributed by atoms with Gasteiger partial charge in [-0.15, -0.1) is 0 Å². The molecule has 130 valence electrons. The molecule has 7 heteroatoms. The van der Waals surface area contributed by atoms with Crippen LogP contribution < -0.4 is 10.1 Å². The summed E-state index contributed by atoms with van der Waals surface area (Å²) in [5.74, 6) is 0.406. The Labute approximate surface area is 141 Å². The number of piperazine rings is 2. The van der Waals surface area contributed by atoms with E-state index < -0.39 is 18.2 Å². The van der Waals surface area contributed by atoms with Crippen molar-refractivity contribution in [1.82, 2.24) is 15.1 Å². The summed E-state index contributed by atoms with van der Waals surface area (Å²) in [4.78, 5) is 28.5. The second-order valence-electron chi connectivity index (χ2n) is 6.36. The summed E-state index contributed by atoms with van der Waals surface area (Å²) in [6.45, 7) is 3.88. The molecule has 0 aliphatic carbocycles. The number of hydrogen-bond acceptors (Lipinski definition) is 5. The molecule has 0 radical (unpaired) electrons. The molecule has 0 spiro atoms. The highest BCUT2D eigenvalue weighted by Gasteiger charge is 2.44. The Morgan fingerprint density at radius 1 is 1.38 bits per heavy atom. The Balaban J connectivity index is 1.68. The molecule has 3 rings (SSSR count). The second kappa shape index (κ2) is 6.78. The minimum Gasteiger partial charge on any atom is -0.497 e. The third-order valence-electron chi connectivity index (χ3n) is 4.64. The van der Waals surface area contributed by atoms with Gasteiger partial charge in [0.2, 0.25) is 11.8 Å². The normalized spacial score (nSPS) is 25.9. The molecule has 2 amide bonds. The summed E-state index contributed by atoms with van der Waals surface area (Å²) in [6.07, 6.45) is -0.891. The van der Waals surface area contributed by atoms with Crippen molar-refractivity contribution in [2.75, 3.05) is 26.7 Å². The molecule has 0 aromatic heterocycles. The molecule has 2 N–H and O–H groups in total. The molecule has 1 aromatic rings. The molecule has 0 bridgehead atoms. The number of aliphatic hydroxyl groups is 1. The van der Waals surface area contributed by atoms with Gasteiger partial charge in [-0.25, -0.2) is 0 Å². The molecule has 2 fully saturated rings. The molecular weight excluding hydrogens is 310 g/mol. The number of benzene rings is 1. The Kier molecular flexibility index (Phi) is 4.73.